The van der Waals surface area contributed by atoms with Gasteiger partial charge >= 0.3 is 0 Å². The van der Waals surface area contributed by atoms with Crippen LogP contribution in [0.3, 0.4) is 0 Å². The topological polar surface area (TPSA) is 87.3 Å². The fourth-order valence-corrected chi connectivity index (χ4v) is 3.79. The van der Waals surface area contributed by atoms with Crippen LogP contribution in [0.25, 0.3) is 0 Å². The van der Waals surface area contributed by atoms with Crippen LogP contribution >= 0.6 is 12.4 Å². The van der Waals surface area contributed by atoms with Crippen molar-refractivity contribution in [3.05, 3.63) is 24.3 Å². The van der Waals surface area contributed by atoms with E-state index in [1.54, 1.807) is 12.1 Å². The highest BCUT2D eigenvalue weighted by Gasteiger charge is 2.24. The van der Waals surface area contributed by atoms with Gasteiger partial charge in [0.15, 0.2) is 0 Å². The van der Waals surface area contributed by atoms with E-state index in [1.165, 1.54) is 12.1 Å². The van der Waals surface area contributed by atoms with Crippen LogP contribution in [0.4, 0.5) is 5.69 Å². The lowest BCUT2D eigenvalue weighted by Crippen LogP contribution is -2.37. The van der Waals surface area contributed by atoms with Gasteiger partial charge in [0.25, 0.3) is 0 Å². The van der Waals surface area contributed by atoms with Crippen LogP contribution in [0.2, 0.25) is 0 Å². The van der Waals surface area contributed by atoms with Crippen molar-refractivity contribution in [2.24, 2.45) is 11.8 Å². The highest BCUT2D eigenvalue weighted by Crippen LogP contribution is 2.28. The zero-order valence-corrected chi connectivity index (χ0v) is 15.1. The third-order valence-corrected chi connectivity index (χ3v) is 5.80. The Bertz CT molecular complexity index is 654. The van der Waals surface area contributed by atoms with Crippen LogP contribution in [0, 0.1) is 11.8 Å². The molecule has 0 bridgehead atoms. The molecule has 1 aromatic carbocycles. The zero-order valence-electron chi connectivity index (χ0n) is 13.5. The standard InChI is InChI=1S/C16H23N3O3S.ClH/c20-16(13-2-1-9-17-11-13)19-14-5-7-15(8-6-14)23(21,22)18-10-12-3-4-12;/h5-8,12-13,17-18H,1-4,9-11H2,(H,19,20);1H. The summed E-state index contributed by atoms with van der Waals surface area (Å²) in [6.07, 6.45) is 4.09. The van der Waals surface area contributed by atoms with Crippen LogP contribution in [0.15, 0.2) is 29.2 Å². The second-order valence-electron chi connectivity index (χ2n) is 6.35. The van der Waals surface area contributed by atoms with Crippen molar-refractivity contribution in [2.75, 3.05) is 25.0 Å². The van der Waals surface area contributed by atoms with Crippen molar-refractivity contribution in [3.63, 3.8) is 0 Å². The zero-order chi connectivity index (χ0) is 16.3. The maximum atomic E-state index is 12.2. The average molecular weight is 374 g/mol. The summed E-state index contributed by atoms with van der Waals surface area (Å²) in [5, 5.41) is 6.07. The van der Waals surface area contributed by atoms with E-state index in [0.29, 0.717) is 24.7 Å². The monoisotopic (exact) mass is 373 g/mol. The van der Waals surface area contributed by atoms with Crippen molar-refractivity contribution >= 4 is 34.0 Å². The summed E-state index contributed by atoms with van der Waals surface area (Å²) in [5.74, 6) is 0.458. The van der Waals surface area contributed by atoms with Gasteiger partial charge in [-0.3, -0.25) is 4.79 Å². The molecular weight excluding hydrogens is 350 g/mol. The third kappa shape index (κ3) is 5.17. The lowest BCUT2D eigenvalue weighted by Gasteiger charge is -2.21. The average Bonchev–Trinajstić information content (AvgIpc) is 3.39. The number of rotatable bonds is 6. The molecule has 0 radical (unpaired) electrons. The fraction of sp³-hybridized carbons (Fsp3) is 0.562. The van der Waals surface area contributed by atoms with Gasteiger partial charge in [0.05, 0.1) is 10.8 Å². The number of anilines is 1. The van der Waals surface area contributed by atoms with Gasteiger partial charge in [0, 0.05) is 18.8 Å². The number of sulfonamides is 1. The largest absolute Gasteiger partial charge is 0.326 e. The van der Waals surface area contributed by atoms with Crippen LogP contribution in [0.5, 0.6) is 0 Å². The summed E-state index contributed by atoms with van der Waals surface area (Å²) in [6, 6.07) is 6.34. The molecule has 1 saturated heterocycles. The second kappa shape index (κ2) is 8.29. The predicted octanol–water partition coefficient (Wildman–Crippen LogP) is 1.73. The van der Waals surface area contributed by atoms with E-state index in [2.05, 4.69) is 15.4 Å². The van der Waals surface area contributed by atoms with Gasteiger partial charge in [-0.1, -0.05) is 0 Å². The molecule has 0 aromatic heterocycles. The molecule has 1 amide bonds. The van der Waals surface area contributed by atoms with Crippen LogP contribution < -0.4 is 15.4 Å². The van der Waals surface area contributed by atoms with Crippen LogP contribution in [-0.2, 0) is 14.8 Å². The molecule has 1 atom stereocenters. The normalized spacial score (nSPS) is 20.9. The van der Waals surface area contributed by atoms with Crippen molar-refractivity contribution in [1.29, 1.82) is 0 Å². The summed E-state index contributed by atoms with van der Waals surface area (Å²) in [5.41, 5.74) is 0.627. The minimum absolute atomic E-state index is 0. The molecule has 1 aromatic rings. The van der Waals surface area contributed by atoms with E-state index in [9.17, 15) is 13.2 Å². The molecule has 3 rings (SSSR count). The van der Waals surface area contributed by atoms with E-state index < -0.39 is 10.0 Å². The molecule has 6 nitrogen and oxygen atoms in total. The van der Waals surface area contributed by atoms with E-state index in [0.717, 1.165) is 32.2 Å². The minimum atomic E-state index is -3.45. The number of nitrogens with one attached hydrogen (secondary N) is 3. The highest BCUT2D eigenvalue weighted by molar-refractivity contribution is 7.89. The molecule has 134 valence electrons. The first-order valence-electron chi connectivity index (χ1n) is 8.16. The number of benzene rings is 1. The number of hydrogen-bond donors (Lipinski definition) is 3. The number of amides is 1. The number of piperidine rings is 1. The van der Waals surface area contributed by atoms with Crippen LogP contribution in [-0.4, -0.2) is 34.0 Å². The fourth-order valence-electron chi connectivity index (χ4n) is 2.67. The lowest BCUT2D eigenvalue weighted by molar-refractivity contribution is -0.120. The molecule has 1 unspecified atom stereocenters. The molecule has 0 spiro atoms. The minimum Gasteiger partial charge on any atom is -0.326 e. The molecule has 2 fully saturated rings. The predicted molar refractivity (Wildman–Crippen MR) is 95.8 cm³/mol. The summed E-state index contributed by atoms with van der Waals surface area (Å²) < 4.78 is 26.9. The van der Waals surface area contributed by atoms with Gasteiger partial charge in [-0.05, 0) is 62.4 Å². The number of carbonyl (C=O) groups excluding carboxylic acids is 1. The van der Waals surface area contributed by atoms with Crippen molar-refractivity contribution in [1.82, 2.24) is 10.0 Å². The summed E-state index contributed by atoms with van der Waals surface area (Å²) in [7, 11) is -3.45. The van der Waals surface area contributed by atoms with Gasteiger partial charge in [-0.15, -0.1) is 12.4 Å². The quantitative estimate of drug-likeness (QED) is 0.708. The molecule has 24 heavy (non-hydrogen) atoms. The summed E-state index contributed by atoms with van der Waals surface area (Å²) >= 11 is 0. The first-order valence-corrected chi connectivity index (χ1v) is 9.64. The van der Waals surface area contributed by atoms with Crippen molar-refractivity contribution in [3.8, 4) is 0 Å². The smallest absolute Gasteiger partial charge is 0.240 e. The van der Waals surface area contributed by atoms with Crippen molar-refractivity contribution < 1.29 is 13.2 Å². The molecule has 8 heteroatoms. The number of hydrogen-bond acceptors (Lipinski definition) is 4. The number of halogens is 1. The third-order valence-electron chi connectivity index (χ3n) is 4.36. The van der Waals surface area contributed by atoms with Gasteiger partial charge in [0.2, 0.25) is 15.9 Å². The Kier molecular flexibility index (Phi) is 6.62. The van der Waals surface area contributed by atoms with E-state index in [-0.39, 0.29) is 29.1 Å². The Labute approximate surface area is 149 Å². The first-order chi connectivity index (χ1) is 11.0. The molecular formula is C16H24ClN3O3S. The molecule has 2 aliphatic rings. The van der Waals surface area contributed by atoms with Crippen molar-refractivity contribution in [2.45, 2.75) is 30.6 Å². The Morgan fingerprint density at radius 1 is 1.17 bits per heavy atom. The molecule has 1 saturated carbocycles. The van der Waals surface area contributed by atoms with Gasteiger partial charge in [0.1, 0.15) is 0 Å². The molecule has 1 aliphatic carbocycles. The van der Waals surface area contributed by atoms with Crippen LogP contribution in [0.1, 0.15) is 25.7 Å². The Morgan fingerprint density at radius 2 is 1.88 bits per heavy atom. The molecule has 3 N–H and O–H groups in total. The SMILES string of the molecule is Cl.O=C(Nc1ccc(S(=O)(=O)NCC2CC2)cc1)C1CCCNC1. The second-order valence-corrected chi connectivity index (χ2v) is 8.12. The van der Waals surface area contributed by atoms with Gasteiger partial charge in [-0.25, -0.2) is 13.1 Å². The molecule has 1 aliphatic heterocycles. The lowest BCUT2D eigenvalue weighted by atomic mass is 9.99. The summed E-state index contributed by atoms with van der Waals surface area (Å²) in [6.45, 7) is 2.17. The van der Waals surface area contributed by atoms with E-state index in [4.69, 9.17) is 0 Å². The van der Waals surface area contributed by atoms with Gasteiger partial charge in [-0.2, -0.15) is 0 Å². The summed E-state index contributed by atoms with van der Waals surface area (Å²) in [4.78, 5) is 12.4. The molecule has 1 heterocycles. The van der Waals surface area contributed by atoms with E-state index in [1.807, 2.05) is 0 Å². The Hall–Kier alpha value is -1.15. The maximum absolute atomic E-state index is 12.2. The Morgan fingerprint density at radius 3 is 2.46 bits per heavy atom. The first kappa shape index (κ1) is 19.2. The van der Waals surface area contributed by atoms with E-state index >= 15 is 0 Å². The maximum Gasteiger partial charge on any atom is 0.240 e. The van der Waals surface area contributed by atoms with Gasteiger partial charge < -0.3 is 10.6 Å². The highest BCUT2D eigenvalue weighted by atomic mass is 35.5. The number of carbonyl (C=O) groups is 1. The Balaban J connectivity index is 0.00000208.